The molecule has 0 atom stereocenters. The minimum absolute atomic E-state index is 0.0511. The van der Waals surface area contributed by atoms with E-state index in [-0.39, 0.29) is 6.04 Å². The molecule has 0 heterocycles. The van der Waals surface area contributed by atoms with Gasteiger partial charge in [0, 0.05) is 6.04 Å². The number of rotatable bonds is 4. The van der Waals surface area contributed by atoms with Gasteiger partial charge >= 0.3 is 0 Å². The average molecular weight is 210 g/mol. The minimum Gasteiger partial charge on any atom is -0.254 e. The quantitative estimate of drug-likeness (QED) is 0.740. The van der Waals surface area contributed by atoms with Crippen molar-refractivity contribution in [2.24, 2.45) is 0 Å². The van der Waals surface area contributed by atoms with Gasteiger partial charge in [0.15, 0.2) is 0 Å². The molecule has 0 saturated heterocycles. The lowest BCUT2D eigenvalue weighted by Gasteiger charge is -2.10. The highest BCUT2D eigenvalue weighted by molar-refractivity contribution is 5.19. The fourth-order valence-electron chi connectivity index (χ4n) is 1.87. The van der Waals surface area contributed by atoms with Crippen molar-refractivity contribution < 1.29 is 0 Å². The van der Waals surface area contributed by atoms with E-state index in [1.165, 1.54) is 11.1 Å². The maximum atomic E-state index is 8.05. The Morgan fingerprint density at radius 3 is 1.44 bits per heavy atom. The SMILES string of the molecule is [NH]C(Cc1ccccc1)Cc1ccccc1. The van der Waals surface area contributed by atoms with E-state index in [2.05, 4.69) is 24.3 Å². The highest BCUT2D eigenvalue weighted by atomic mass is 14.6. The first-order valence-electron chi connectivity index (χ1n) is 5.63. The number of benzene rings is 2. The largest absolute Gasteiger partial charge is 0.254 e. The smallest absolute Gasteiger partial charge is 0.0293 e. The molecule has 2 rings (SSSR count). The Bertz CT molecular complexity index is 366. The van der Waals surface area contributed by atoms with Crippen molar-refractivity contribution in [1.29, 1.82) is 0 Å². The van der Waals surface area contributed by atoms with E-state index in [1.807, 2.05) is 36.4 Å². The van der Waals surface area contributed by atoms with Crippen molar-refractivity contribution in [3.8, 4) is 0 Å². The van der Waals surface area contributed by atoms with Crippen molar-refractivity contribution in [2.75, 3.05) is 0 Å². The number of hydrogen-bond donors (Lipinski definition) is 0. The van der Waals surface area contributed by atoms with Gasteiger partial charge in [-0.1, -0.05) is 60.7 Å². The maximum absolute atomic E-state index is 8.05. The second-order valence-corrected chi connectivity index (χ2v) is 4.08. The Balaban J connectivity index is 1.92. The van der Waals surface area contributed by atoms with Gasteiger partial charge in [0.2, 0.25) is 0 Å². The van der Waals surface area contributed by atoms with Crippen molar-refractivity contribution >= 4 is 0 Å². The fourth-order valence-corrected chi connectivity index (χ4v) is 1.87. The topological polar surface area (TPSA) is 23.8 Å². The van der Waals surface area contributed by atoms with Gasteiger partial charge in [-0.25, -0.2) is 0 Å². The average Bonchev–Trinajstić information content (AvgIpc) is 2.31. The van der Waals surface area contributed by atoms with Gasteiger partial charge < -0.3 is 0 Å². The molecule has 0 aromatic heterocycles. The normalized spacial score (nSPS) is 10.6. The standard InChI is InChI=1S/C15H16N/c16-15(11-13-7-3-1-4-8-13)12-14-9-5-2-6-10-14/h1-10,15-16H,11-12H2. The van der Waals surface area contributed by atoms with Crippen molar-refractivity contribution in [1.82, 2.24) is 5.73 Å². The molecule has 0 spiro atoms. The number of hydrogen-bond acceptors (Lipinski definition) is 0. The summed E-state index contributed by atoms with van der Waals surface area (Å²) in [7, 11) is 0. The summed E-state index contributed by atoms with van der Waals surface area (Å²) in [6.07, 6.45) is 1.66. The fraction of sp³-hybridized carbons (Fsp3) is 0.200. The van der Waals surface area contributed by atoms with Gasteiger partial charge in [0.1, 0.15) is 0 Å². The van der Waals surface area contributed by atoms with E-state index in [9.17, 15) is 0 Å². The van der Waals surface area contributed by atoms with Gasteiger partial charge in [0.25, 0.3) is 0 Å². The van der Waals surface area contributed by atoms with E-state index >= 15 is 0 Å². The van der Waals surface area contributed by atoms with E-state index in [1.54, 1.807) is 0 Å². The van der Waals surface area contributed by atoms with Gasteiger partial charge in [-0.3, -0.25) is 5.73 Å². The van der Waals surface area contributed by atoms with Crippen LogP contribution in [0.5, 0.6) is 0 Å². The third-order valence-electron chi connectivity index (χ3n) is 2.65. The summed E-state index contributed by atoms with van der Waals surface area (Å²) in [5, 5.41) is 0. The summed E-state index contributed by atoms with van der Waals surface area (Å²) in [6.45, 7) is 0. The van der Waals surface area contributed by atoms with E-state index in [0.717, 1.165) is 12.8 Å². The van der Waals surface area contributed by atoms with E-state index in [0.29, 0.717) is 0 Å². The molecule has 0 aliphatic heterocycles. The van der Waals surface area contributed by atoms with Crippen molar-refractivity contribution in [2.45, 2.75) is 18.9 Å². The Morgan fingerprint density at radius 1 is 0.688 bits per heavy atom. The molecule has 0 fully saturated rings. The van der Waals surface area contributed by atoms with Crippen LogP contribution in [0.25, 0.3) is 0 Å². The van der Waals surface area contributed by atoms with Crippen molar-refractivity contribution in [3.05, 3.63) is 71.8 Å². The number of nitrogens with one attached hydrogen (secondary N) is 1. The summed E-state index contributed by atoms with van der Waals surface area (Å²) in [4.78, 5) is 0. The summed E-state index contributed by atoms with van der Waals surface area (Å²) >= 11 is 0. The highest BCUT2D eigenvalue weighted by Gasteiger charge is 2.05. The molecule has 1 heteroatoms. The molecule has 16 heavy (non-hydrogen) atoms. The molecule has 0 amide bonds. The second-order valence-electron chi connectivity index (χ2n) is 4.08. The Labute approximate surface area is 96.9 Å². The molecular weight excluding hydrogens is 194 g/mol. The van der Waals surface area contributed by atoms with Crippen LogP contribution in [0.2, 0.25) is 0 Å². The molecule has 81 valence electrons. The molecule has 1 N–H and O–H groups in total. The summed E-state index contributed by atoms with van der Waals surface area (Å²) < 4.78 is 0. The van der Waals surface area contributed by atoms with Gasteiger partial charge in [-0.2, -0.15) is 0 Å². The molecule has 1 radical (unpaired) electrons. The minimum atomic E-state index is -0.0511. The van der Waals surface area contributed by atoms with Crippen LogP contribution in [0, 0.1) is 0 Å². The predicted octanol–water partition coefficient (Wildman–Crippen LogP) is 3.12. The first-order chi connectivity index (χ1) is 7.84. The zero-order valence-electron chi connectivity index (χ0n) is 9.27. The Hall–Kier alpha value is -1.60. The molecule has 1 nitrogen and oxygen atoms in total. The van der Waals surface area contributed by atoms with Crippen LogP contribution in [-0.4, -0.2) is 6.04 Å². The Kier molecular flexibility index (Phi) is 3.73. The summed E-state index contributed by atoms with van der Waals surface area (Å²) in [6, 6.07) is 20.5. The van der Waals surface area contributed by atoms with Gasteiger partial charge in [-0.05, 0) is 24.0 Å². The first-order valence-corrected chi connectivity index (χ1v) is 5.63. The van der Waals surface area contributed by atoms with Gasteiger partial charge in [0.05, 0.1) is 0 Å². The zero-order valence-corrected chi connectivity index (χ0v) is 9.27. The molecule has 2 aromatic carbocycles. The van der Waals surface area contributed by atoms with Crippen molar-refractivity contribution in [3.63, 3.8) is 0 Å². The molecule has 0 unspecified atom stereocenters. The zero-order chi connectivity index (χ0) is 11.2. The van der Waals surface area contributed by atoms with Crippen LogP contribution in [-0.2, 0) is 12.8 Å². The van der Waals surface area contributed by atoms with E-state index < -0.39 is 0 Å². The van der Waals surface area contributed by atoms with Crippen LogP contribution in [0.1, 0.15) is 11.1 Å². The van der Waals surface area contributed by atoms with Gasteiger partial charge in [-0.15, -0.1) is 0 Å². The molecule has 0 saturated carbocycles. The van der Waals surface area contributed by atoms with E-state index in [4.69, 9.17) is 5.73 Å². The monoisotopic (exact) mass is 210 g/mol. The Morgan fingerprint density at radius 2 is 1.06 bits per heavy atom. The summed E-state index contributed by atoms with van der Waals surface area (Å²) in [5.41, 5.74) is 10.5. The lowest BCUT2D eigenvalue weighted by atomic mass is 10.00. The predicted molar refractivity (Wildman–Crippen MR) is 67.2 cm³/mol. The van der Waals surface area contributed by atoms with Crippen LogP contribution in [0.3, 0.4) is 0 Å². The molecule has 0 aliphatic carbocycles. The van der Waals surface area contributed by atoms with Crippen LogP contribution in [0.4, 0.5) is 0 Å². The molecular formula is C15H16N. The lowest BCUT2D eigenvalue weighted by molar-refractivity contribution is 0.645. The third-order valence-corrected chi connectivity index (χ3v) is 2.65. The second kappa shape index (κ2) is 5.47. The third kappa shape index (κ3) is 3.21. The maximum Gasteiger partial charge on any atom is 0.0293 e. The van der Waals surface area contributed by atoms with Crippen LogP contribution < -0.4 is 5.73 Å². The molecule has 2 aromatic rings. The lowest BCUT2D eigenvalue weighted by Crippen LogP contribution is -2.15. The molecule has 0 aliphatic rings. The van der Waals surface area contributed by atoms with Crippen LogP contribution >= 0.6 is 0 Å². The first kappa shape index (κ1) is 10.9. The molecule has 0 bridgehead atoms. The highest BCUT2D eigenvalue weighted by Crippen LogP contribution is 2.08. The summed E-state index contributed by atoms with van der Waals surface area (Å²) in [5.74, 6) is 0. The van der Waals surface area contributed by atoms with Crippen LogP contribution in [0.15, 0.2) is 60.7 Å².